The van der Waals surface area contributed by atoms with Gasteiger partial charge in [0, 0.05) is 28.5 Å². The number of fused-ring (bicyclic) bond motifs is 21. The van der Waals surface area contributed by atoms with Crippen LogP contribution in [0.3, 0.4) is 0 Å². The van der Waals surface area contributed by atoms with E-state index in [1.807, 2.05) is 0 Å². The van der Waals surface area contributed by atoms with Crippen molar-refractivity contribution in [2.45, 2.75) is 16.7 Å². The van der Waals surface area contributed by atoms with Crippen LogP contribution in [0, 0.1) is 5.92 Å². The minimum atomic E-state index is -0.512. The molecule has 8 aromatic rings. The first-order valence-electron chi connectivity index (χ1n) is 19.5. The van der Waals surface area contributed by atoms with Crippen molar-refractivity contribution < 1.29 is 4.74 Å². The van der Waals surface area contributed by atoms with E-state index >= 15 is 0 Å². The number of ether oxygens (including phenoxy) is 1. The number of para-hydroxylation sites is 2. The van der Waals surface area contributed by atoms with E-state index in [1.54, 1.807) is 0 Å². The van der Waals surface area contributed by atoms with Crippen LogP contribution in [0.5, 0.6) is 11.5 Å². The van der Waals surface area contributed by atoms with Crippen LogP contribution in [0.15, 0.2) is 194 Å². The molecule has 1 nitrogen and oxygen atoms in total. The van der Waals surface area contributed by atoms with Gasteiger partial charge in [0.15, 0.2) is 0 Å². The van der Waals surface area contributed by atoms with Crippen molar-refractivity contribution in [3.05, 3.63) is 239 Å². The van der Waals surface area contributed by atoms with Crippen LogP contribution >= 0.6 is 0 Å². The third-order valence-electron chi connectivity index (χ3n) is 13.6. The Bertz CT molecular complexity index is 3000. The Kier molecular flexibility index (Phi) is 5.67. The van der Waals surface area contributed by atoms with Gasteiger partial charge in [0.2, 0.25) is 0 Å². The number of hydrogen-bond acceptors (Lipinski definition) is 1. The summed E-state index contributed by atoms with van der Waals surface area (Å²) < 4.78 is 7.21. The second-order valence-electron chi connectivity index (χ2n) is 15.8. The molecule has 0 radical (unpaired) electrons. The molecule has 1 aliphatic heterocycles. The van der Waals surface area contributed by atoms with Crippen molar-refractivity contribution in [1.29, 1.82) is 0 Å². The van der Waals surface area contributed by atoms with Crippen molar-refractivity contribution in [3.63, 3.8) is 0 Å². The standard InChI is InChI=1S/C54H34O/c1-2-16-34-33(15-1)31-32-47-50(34)39-19-5-9-25-43(39)54(47)44-26-10-6-20-40(44)51-37(21-13-28-46(51)54)38-22-14-29-48-52(38)55-49-30-12-11-27-45(49)53(48)41-23-7-3-17-35(41)36-18-4-8-24-42(36)53/h1-32,39,43H. The minimum Gasteiger partial charge on any atom is -0.456 e. The quantitative estimate of drug-likeness (QED) is 0.166. The van der Waals surface area contributed by atoms with Gasteiger partial charge in [0.25, 0.3) is 0 Å². The Morgan fingerprint density at radius 2 is 1.00 bits per heavy atom. The van der Waals surface area contributed by atoms with Gasteiger partial charge in [-0.05, 0) is 78.0 Å². The van der Waals surface area contributed by atoms with Gasteiger partial charge < -0.3 is 4.74 Å². The van der Waals surface area contributed by atoms with E-state index in [0.717, 1.165) is 17.1 Å². The van der Waals surface area contributed by atoms with Gasteiger partial charge >= 0.3 is 0 Å². The zero-order valence-electron chi connectivity index (χ0n) is 30.0. The highest BCUT2D eigenvalue weighted by atomic mass is 16.5. The molecule has 0 saturated carbocycles. The number of rotatable bonds is 1. The molecule has 0 bridgehead atoms. The third kappa shape index (κ3) is 3.43. The second-order valence-corrected chi connectivity index (χ2v) is 15.8. The normalized spacial score (nSPS) is 20.6. The van der Waals surface area contributed by atoms with Gasteiger partial charge in [0.1, 0.15) is 11.5 Å². The Labute approximate surface area is 320 Å². The number of benzene rings is 8. The van der Waals surface area contributed by atoms with Gasteiger partial charge in [-0.2, -0.15) is 0 Å². The van der Waals surface area contributed by atoms with Crippen LogP contribution in [-0.4, -0.2) is 0 Å². The summed E-state index contributed by atoms with van der Waals surface area (Å²) >= 11 is 0. The first-order chi connectivity index (χ1) is 27.3. The highest BCUT2D eigenvalue weighted by Crippen LogP contribution is 2.68. The first kappa shape index (κ1) is 29.7. The predicted molar refractivity (Wildman–Crippen MR) is 223 cm³/mol. The molecule has 1 heteroatoms. The van der Waals surface area contributed by atoms with E-state index in [2.05, 4.69) is 194 Å². The van der Waals surface area contributed by atoms with Crippen molar-refractivity contribution >= 4 is 10.8 Å². The molecular weight excluding hydrogens is 665 g/mol. The van der Waals surface area contributed by atoms with E-state index in [-0.39, 0.29) is 17.3 Å². The maximum absolute atomic E-state index is 7.21. The summed E-state index contributed by atoms with van der Waals surface area (Å²) in [4.78, 5) is 0. The van der Waals surface area contributed by atoms with Gasteiger partial charge in [-0.1, -0.05) is 188 Å². The van der Waals surface area contributed by atoms with Crippen LogP contribution in [0.25, 0.3) is 44.2 Å². The minimum absolute atomic E-state index is 0.249. The molecule has 0 aromatic heterocycles. The maximum atomic E-state index is 7.21. The van der Waals surface area contributed by atoms with E-state index in [0.29, 0.717) is 0 Å². The Balaban J connectivity index is 1.12. The molecule has 55 heavy (non-hydrogen) atoms. The Morgan fingerprint density at radius 3 is 1.82 bits per heavy atom. The molecule has 3 atom stereocenters. The second kappa shape index (κ2) is 10.5. The fourth-order valence-electron chi connectivity index (χ4n) is 11.8. The monoisotopic (exact) mass is 698 g/mol. The molecule has 2 spiro atoms. The van der Waals surface area contributed by atoms with Crippen molar-refractivity contribution in [2.75, 3.05) is 0 Å². The van der Waals surface area contributed by atoms with Crippen LogP contribution < -0.4 is 4.74 Å². The molecule has 4 aliphatic carbocycles. The Morgan fingerprint density at radius 1 is 0.400 bits per heavy atom. The summed E-state index contributed by atoms with van der Waals surface area (Å²) in [6.45, 7) is 0. The van der Waals surface area contributed by atoms with E-state index in [9.17, 15) is 0 Å². The molecule has 0 amide bonds. The van der Waals surface area contributed by atoms with E-state index in [1.165, 1.54) is 83.1 Å². The first-order valence-corrected chi connectivity index (χ1v) is 19.5. The van der Waals surface area contributed by atoms with Crippen molar-refractivity contribution in [3.8, 4) is 44.9 Å². The summed E-state index contributed by atoms with van der Waals surface area (Å²) in [5.41, 5.74) is 17.4. The average Bonchev–Trinajstić information content (AvgIpc) is 3.84. The number of hydrogen-bond donors (Lipinski definition) is 0. The predicted octanol–water partition coefficient (Wildman–Crippen LogP) is 13.1. The summed E-state index contributed by atoms with van der Waals surface area (Å²) in [6.07, 6.45) is 9.47. The van der Waals surface area contributed by atoms with Gasteiger partial charge in [0.05, 0.1) is 10.8 Å². The molecular formula is C54H34O. The van der Waals surface area contributed by atoms with Crippen molar-refractivity contribution in [2.24, 2.45) is 5.92 Å². The number of allylic oxidation sites excluding steroid dienone is 4. The fraction of sp³-hybridized carbons (Fsp3) is 0.0741. The molecule has 8 aromatic carbocycles. The zero-order chi connectivity index (χ0) is 35.9. The van der Waals surface area contributed by atoms with Gasteiger partial charge in [-0.15, -0.1) is 0 Å². The lowest BCUT2D eigenvalue weighted by Crippen LogP contribution is -2.33. The summed E-state index contributed by atoms with van der Waals surface area (Å²) in [7, 11) is 0. The van der Waals surface area contributed by atoms with Gasteiger partial charge in [-0.25, -0.2) is 0 Å². The van der Waals surface area contributed by atoms with E-state index < -0.39 is 5.41 Å². The van der Waals surface area contributed by atoms with Crippen LogP contribution in [0.1, 0.15) is 50.4 Å². The molecule has 0 N–H and O–H groups in total. The molecule has 1 heterocycles. The molecule has 5 aliphatic rings. The highest BCUT2D eigenvalue weighted by molar-refractivity contribution is 6.00. The molecule has 0 fully saturated rings. The molecule has 256 valence electrons. The SMILES string of the molecule is C1=CC2c3c(ccc4ccccc34)C3(c4ccccc4-c4c(-c5cccc6c5Oc5ccccc5C65c6ccccc6-c6ccccc65)cccc43)C2C=C1. The van der Waals surface area contributed by atoms with E-state index in [4.69, 9.17) is 4.74 Å². The lowest BCUT2D eigenvalue weighted by atomic mass is 9.65. The topological polar surface area (TPSA) is 9.23 Å². The van der Waals surface area contributed by atoms with Crippen molar-refractivity contribution in [1.82, 2.24) is 0 Å². The summed E-state index contributed by atoms with van der Waals surface area (Å²) in [6, 6.07) is 63.5. The lowest BCUT2D eigenvalue weighted by molar-refractivity contribution is 0.438. The molecule has 13 rings (SSSR count). The molecule has 0 saturated heterocycles. The Hall–Kier alpha value is -6.70. The van der Waals surface area contributed by atoms with Crippen LogP contribution in [0.4, 0.5) is 0 Å². The highest BCUT2D eigenvalue weighted by Gasteiger charge is 2.58. The third-order valence-corrected chi connectivity index (χ3v) is 13.6. The smallest absolute Gasteiger partial charge is 0.140 e. The maximum Gasteiger partial charge on any atom is 0.140 e. The summed E-state index contributed by atoms with van der Waals surface area (Å²) in [5, 5.41) is 2.66. The van der Waals surface area contributed by atoms with Crippen LogP contribution in [-0.2, 0) is 10.8 Å². The van der Waals surface area contributed by atoms with Gasteiger partial charge in [-0.3, -0.25) is 0 Å². The fourth-order valence-corrected chi connectivity index (χ4v) is 11.8. The van der Waals surface area contributed by atoms with Crippen LogP contribution in [0.2, 0.25) is 0 Å². The molecule has 3 unspecified atom stereocenters. The lowest BCUT2D eigenvalue weighted by Gasteiger charge is -2.40. The largest absolute Gasteiger partial charge is 0.456 e. The zero-order valence-corrected chi connectivity index (χ0v) is 30.0. The summed E-state index contributed by atoms with van der Waals surface area (Å²) in [5.74, 6) is 2.38. The average molecular weight is 699 g/mol.